The van der Waals surface area contributed by atoms with Crippen LogP contribution in [0.4, 0.5) is 10.1 Å². The molecule has 0 saturated heterocycles. The molecule has 1 aromatic carbocycles. The third kappa shape index (κ3) is 5.01. The molecule has 7 nitrogen and oxygen atoms in total. The molecule has 162 valence electrons. The van der Waals surface area contributed by atoms with Gasteiger partial charge in [0.15, 0.2) is 0 Å². The number of nitriles is 1. The molecule has 0 bridgehead atoms. The summed E-state index contributed by atoms with van der Waals surface area (Å²) in [7, 11) is 0. The average molecular weight is 423 g/mol. The third-order valence-electron chi connectivity index (χ3n) is 4.85. The van der Waals surface area contributed by atoms with Crippen molar-refractivity contribution in [2.24, 2.45) is 0 Å². The second-order valence-corrected chi connectivity index (χ2v) is 8.29. The van der Waals surface area contributed by atoms with Crippen molar-refractivity contribution >= 4 is 22.5 Å². The summed E-state index contributed by atoms with van der Waals surface area (Å²) >= 11 is 0. The lowest BCUT2D eigenvalue weighted by atomic mass is 10.0. The van der Waals surface area contributed by atoms with Gasteiger partial charge in [0.05, 0.1) is 40.5 Å². The molecule has 0 radical (unpaired) electrons. The summed E-state index contributed by atoms with van der Waals surface area (Å²) in [6.07, 6.45) is 1.70. The fourth-order valence-corrected chi connectivity index (χ4v) is 3.13. The van der Waals surface area contributed by atoms with Crippen LogP contribution in [0.1, 0.15) is 43.6 Å². The molecule has 0 aliphatic heterocycles. The van der Waals surface area contributed by atoms with E-state index in [-0.39, 0.29) is 18.2 Å². The standard InChI is InChI=1S/C23H26FN5O2/c1-14(2)28-18-10-21(29-8-7-16-9-15(11-25)5-6-19(16)29)26-12-17(18)22(30)27-13-20(24)23(3,4)31/h5-10,12,14,20,31H,13H2,1-4H3,(H,26,28)(H,27,30)/t20-/m1/s1. The number of hydrogen-bond acceptors (Lipinski definition) is 5. The van der Waals surface area contributed by atoms with Crippen molar-refractivity contribution in [3.8, 4) is 11.9 Å². The Morgan fingerprint density at radius 1 is 1.32 bits per heavy atom. The quantitative estimate of drug-likeness (QED) is 0.539. The van der Waals surface area contributed by atoms with Crippen molar-refractivity contribution < 1.29 is 14.3 Å². The van der Waals surface area contributed by atoms with Crippen LogP contribution >= 0.6 is 0 Å². The number of carbonyl (C=O) groups excluding carboxylic acids is 1. The first-order valence-corrected chi connectivity index (χ1v) is 10.0. The number of amides is 1. The lowest BCUT2D eigenvalue weighted by Gasteiger charge is -2.23. The van der Waals surface area contributed by atoms with Gasteiger partial charge >= 0.3 is 0 Å². The number of rotatable bonds is 7. The predicted octanol–water partition coefficient (Wildman–Crippen LogP) is 3.56. The summed E-state index contributed by atoms with van der Waals surface area (Å²) < 4.78 is 15.9. The fourth-order valence-electron chi connectivity index (χ4n) is 3.13. The third-order valence-corrected chi connectivity index (χ3v) is 4.85. The van der Waals surface area contributed by atoms with E-state index in [4.69, 9.17) is 5.26 Å². The maximum atomic E-state index is 14.0. The lowest BCUT2D eigenvalue weighted by Crippen LogP contribution is -2.42. The number of nitrogens with zero attached hydrogens (tertiary/aromatic N) is 3. The Morgan fingerprint density at radius 3 is 2.71 bits per heavy atom. The summed E-state index contributed by atoms with van der Waals surface area (Å²) in [4.78, 5) is 17.1. The Morgan fingerprint density at radius 2 is 2.06 bits per heavy atom. The molecule has 3 aromatic rings. The van der Waals surface area contributed by atoms with Gasteiger partial charge in [0, 0.05) is 29.9 Å². The molecule has 0 unspecified atom stereocenters. The summed E-state index contributed by atoms with van der Waals surface area (Å²) in [6.45, 7) is 6.29. The number of pyridine rings is 1. The SMILES string of the molecule is CC(C)Nc1cc(-n2ccc3cc(C#N)ccc32)ncc1C(=O)NC[C@@H](F)C(C)(C)O. The van der Waals surface area contributed by atoms with Crippen LogP contribution in [0.5, 0.6) is 0 Å². The van der Waals surface area contributed by atoms with Crippen LogP contribution in [0.3, 0.4) is 0 Å². The Labute approximate surface area is 180 Å². The zero-order valence-electron chi connectivity index (χ0n) is 18.0. The van der Waals surface area contributed by atoms with E-state index in [2.05, 4.69) is 21.7 Å². The van der Waals surface area contributed by atoms with E-state index >= 15 is 0 Å². The fraction of sp³-hybridized carbons (Fsp3) is 0.348. The van der Waals surface area contributed by atoms with E-state index in [1.807, 2.05) is 36.7 Å². The molecule has 0 saturated carbocycles. The summed E-state index contributed by atoms with van der Waals surface area (Å²) in [5, 5.41) is 25.5. The minimum Gasteiger partial charge on any atom is -0.387 e. The van der Waals surface area contributed by atoms with Crippen molar-refractivity contribution in [3.05, 3.63) is 53.9 Å². The Hall–Kier alpha value is -3.44. The summed E-state index contributed by atoms with van der Waals surface area (Å²) in [5.41, 5.74) is 0.750. The highest BCUT2D eigenvalue weighted by Gasteiger charge is 2.27. The lowest BCUT2D eigenvalue weighted by molar-refractivity contribution is -0.00177. The highest BCUT2D eigenvalue weighted by molar-refractivity contribution is 5.99. The van der Waals surface area contributed by atoms with E-state index in [1.54, 1.807) is 18.2 Å². The first-order valence-electron chi connectivity index (χ1n) is 10.0. The zero-order valence-corrected chi connectivity index (χ0v) is 18.0. The van der Waals surface area contributed by atoms with E-state index in [0.29, 0.717) is 17.1 Å². The smallest absolute Gasteiger partial charge is 0.255 e. The van der Waals surface area contributed by atoms with Crippen LogP contribution in [0.25, 0.3) is 16.7 Å². The van der Waals surface area contributed by atoms with Gasteiger partial charge in [-0.15, -0.1) is 0 Å². The van der Waals surface area contributed by atoms with Gasteiger partial charge in [-0.1, -0.05) is 0 Å². The van der Waals surface area contributed by atoms with Gasteiger partial charge in [-0.3, -0.25) is 4.79 Å². The first-order chi connectivity index (χ1) is 14.6. The summed E-state index contributed by atoms with van der Waals surface area (Å²) in [5.74, 6) is 0.115. The monoisotopic (exact) mass is 423 g/mol. The van der Waals surface area contributed by atoms with Gasteiger partial charge in [0.2, 0.25) is 0 Å². The number of benzene rings is 1. The number of halogens is 1. The van der Waals surface area contributed by atoms with Gasteiger partial charge in [-0.05, 0) is 52.0 Å². The molecule has 0 spiro atoms. The molecular formula is C23H26FN5O2. The predicted molar refractivity (Wildman–Crippen MR) is 118 cm³/mol. The summed E-state index contributed by atoms with van der Waals surface area (Å²) in [6, 6.07) is 11.2. The first kappa shape index (κ1) is 22.2. The number of hydrogen-bond donors (Lipinski definition) is 3. The number of aromatic nitrogens is 2. The van der Waals surface area contributed by atoms with Crippen LogP contribution in [-0.2, 0) is 0 Å². The van der Waals surface area contributed by atoms with Crippen molar-refractivity contribution in [1.29, 1.82) is 5.26 Å². The number of fused-ring (bicyclic) bond motifs is 1. The van der Waals surface area contributed by atoms with Gasteiger partial charge in [0.25, 0.3) is 5.91 Å². The molecule has 0 aliphatic carbocycles. The number of nitrogens with one attached hydrogen (secondary N) is 2. The van der Waals surface area contributed by atoms with E-state index in [0.717, 1.165) is 10.9 Å². The van der Waals surface area contributed by atoms with Crippen LogP contribution < -0.4 is 10.6 Å². The van der Waals surface area contributed by atoms with Gasteiger partial charge in [-0.25, -0.2) is 9.37 Å². The Kier molecular flexibility index (Phi) is 6.27. The van der Waals surface area contributed by atoms with Crippen LogP contribution in [0, 0.1) is 11.3 Å². The molecule has 8 heteroatoms. The molecule has 31 heavy (non-hydrogen) atoms. The highest BCUT2D eigenvalue weighted by Crippen LogP contribution is 2.24. The topological polar surface area (TPSA) is 103 Å². The number of aliphatic hydroxyl groups is 1. The molecule has 3 N–H and O–H groups in total. The van der Waals surface area contributed by atoms with E-state index in [1.165, 1.54) is 20.0 Å². The van der Waals surface area contributed by atoms with E-state index in [9.17, 15) is 14.3 Å². The Bertz CT molecular complexity index is 1140. The van der Waals surface area contributed by atoms with Gasteiger partial charge < -0.3 is 20.3 Å². The largest absolute Gasteiger partial charge is 0.387 e. The normalized spacial score (nSPS) is 12.6. The number of anilines is 1. The van der Waals surface area contributed by atoms with Gasteiger partial charge in [0.1, 0.15) is 12.0 Å². The van der Waals surface area contributed by atoms with Crippen molar-refractivity contribution in [2.45, 2.75) is 45.5 Å². The maximum Gasteiger partial charge on any atom is 0.255 e. The second-order valence-electron chi connectivity index (χ2n) is 8.29. The van der Waals surface area contributed by atoms with Crippen molar-refractivity contribution in [1.82, 2.24) is 14.9 Å². The van der Waals surface area contributed by atoms with Crippen molar-refractivity contribution in [3.63, 3.8) is 0 Å². The molecule has 1 amide bonds. The molecule has 2 heterocycles. The number of carbonyl (C=O) groups is 1. The van der Waals surface area contributed by atoms with Crippen molar-refractivity contribution in [2.75, 3.05) is 11.9 Å². The average Bonchev–Trinajstić information content (AvgIpc) is 3.13. The minimum absolute atomic E-state index is 0.0479. The number of alkyl halides is 1. The molecule has 2 aromatic heterocycles. The second kappa shape index (κ2) is 8.74. The highest BCUT2D eigenvalue weighted by atomic mass is 19.1. The minimum atomic E-state index is -1.60. The zero-order chi connectivity index (χ0) is 22.8. The van der Waals surface area contributed by atoms with Crippen LogP contribution in [0.15, 0.2) is 42.7 Å². The molecule has 1 atom stereocenters. The van der Waals surface area contributed by atoms with E-state index < -0.39 is 17.7 Å². The molecule has 0 aliphatic rings. The molecular weight excluding hydrogens is 397 g/mol. The van der Waals surface area contributed by atoms with Gasteiger partial charge in [-0.2, -0.15) is 5.26 Å². The Balaban J connectivity index is 1.93. The van der Waals surface area contributed by atoms with Crippen LogP contribution in [0.2, 0.25) is 0 Å². The maximum absolute atomic E-state index is 14.0. The van der Waals surface area contributed by atoms with Crippen LogP contribution in [-0.4, -0.2) is 44.9 Å². The molecule has 3 rings (SSSR count). The molecule has 0 fully saturated rings.